The van der Waals surface area contributed by atoms with Crippen LogP contribution in [0.4, 0.5) is 10.8 Å². The van der Waals surface area contributed by atoms with Crippen molar-refractivity contribution in [1.29, 1.82) is 0 Å². The van der Waals surface area contributed by atoms with Crippen LogP contribution in [0.1, 0.15) is 37.3 Å². The zero-order chi connectivity index (χ0) is 22.3. The summed E-state index contributed by atoms with van der Waals surface area (Å²) in [6.07, 6.45) is 8.84. The molecule has 3 N–H and O–H groups in total. The maximum absolute atomic E-state index is 10.9. The standard InChI is InChI=1S/C26H28N4OS/c1-3-18(2)22-14-19(11-12-24(22)30-17-31)25-16-29-26(32-25)27-13-7-6-8-20-15-28-23-10-5-4-9-21(20)23/h4-5,9-12,14-17,28H,2-3,6-8,13H2,1H3,(H,27,29)(H,30,31). The molecule has 2 heterocycles. The fourth-order valence-electron chi connectivity index (χ4n) is 3.83. The molecule has 0 radical (unpaired) electrons. The lowest BCUT2D eigenvalue weighted by atomic mass is 10.00. The number of anilines is 2. The molecule has 0 fully saturated rings. The monoisotopic (exact) mass is 444 g/mol. The molecule has 164 valence electrons. The van der Waals surface area contributed by atoms with Gasteiger partial charge in [-0.1, -0.05) is 49.1 Å². The summed E-state index contributed by atoms with van der Waals surface area (Å²) in [5.74, 6) is 0. The van der Waals surface area contributed by atoms with Crippen LogP contribution in [0, 0.1) is 0 Å². The number of amides is 1. The SMILES string of the molecule is C=C(CC)c1cc(-c2cnc(NCCCCc3c[nH]c4ccccc34)s2)ccc1NC=O. The molecular formula is C26H28N4OS. The van der Waals surface area contributed by atoms with Crippen LogP contribution in [-0.2, 0) is 11.2 Å². The fourth-order valence-corrected chi connectivity index (χ4v) is 4.67. The molecule has 0 aliphatic carbocycles. The van der Waals surface area contributed by atoms with E-state index in [1.54, 1.807) is 11.3 Å². The van der Waals surface area contributed by atoms with Gasteiger partial charge in [-0.25, -0.2) is 4.98 Å². The van der Waals surface area contributed by atoms with Crippen molar-refractivity contribution in [3.8, 4) is 10.4 Å². The smallest absolute Gasteiger partial charge is 0.211 e. The molecule has 0 atom stereocenters. The van der Waals surface area contributed by atoms with E-state index in [1.165, 1.54) is 16.5 Å². The third-order valence-corrected chi connectivity index (χ3v) is 6.66. The zero-order valence-corrected chi connectivity index (χ0v) is 19.1. The zero-order valence-electron chi connectivity index (χ0n) is 18.3. The highest BCUT2D eigenvalue weighted by Gasteiger charge is 2.10. The number of aromatic nitrogens is 2. The van der Waals surface area contributed by atoms with Crippen LogP contribution in [0.15, 0.2) is 61.4 Å². The summed E-state index contributed by atoms with van der Waals surface area (Å²) in [5, 5.41) is 8.48. The summed E-state index contributed by atoms with van der Waals surface area (Å²) in [7, 11) is 0. The van der Waals surface area contributed by atoms with E-state index in [-0.39, 0.29) is 0 Å². The Kier molecular flexibility index (Phi) is 7.02. The summed E-state index contributed by atoms with van der Waals surface area (Å²) < 4.78 is 0. The van der Waals surface area contributed by atoms with E-state index in [0.29, 0.717) is 6.41 Å². The first-order chi connectivity index (χ1) is 15.7. The Morgan fingerprint density at radius 1 is 1.22 bits per heavy atom. The minimum atomic E-state index is 0.703. The van der Waals surface area contributed by atoms with Gasteiger partial charge in [0.2, 0.25) is 6.41 Å². The van der Waals surface area contributed by atoms with Crippen molar-refractivity contribution in [1.82, 2.24) is 9.97 Å². The number of fused-ring (bicyclic) bond motifs is 1. The van der Waals surface area contributed by atoms with Crippen LogP contribution < -0.4 is 10.6 Å². The van der Waals surface area contributed by atoms with Crippen molar-refractivity contribution in [2.24, 2.45) is 0 Å². The number of thiazole rings is 1. The molecule has 0 spiro atoms. The van der Waals surface area contributed by atoms with Crippen LogP contribution >= 0.6 is 11.3 Å². The number of nitrogens with zero attached hydrogens (tertiary/aromatic N) is 1. The number of allylic oxidation sites excluding steroid dienone is 1. The Hall–Kier alpha value is -3.38. The average Bonchev–Trinajstić information content (AvgIpc) is 3.46. The van der Waals surface area contributed by atoms with Crippen molar-refractivity contribution >= 4 is 45.0 Å². The van der Waals surface area contributed by atoms with Gasteiger partial charge in [-0.3, -0.25) is 4.79 Å². The maximum atomic E-state index is 10.9. The van der Waals surface area contributed by atoms with Gasteiger partial charge in [0.25, 0.3) is 0 Å². The van der Waals surface area contributed by atoms with Gasteiger partial charge in [0.05, 0.1) is 4.88 Å². The van der Waals surface area contributed by atoms with Crippen molar-refractivity contribution in [2.75, 3.05) is 17.2 Å². The molecule has 0 saturated carbocycles. The lowest BCUT2D eigenvalue weighted by molar-refractivity contribution is -0.105. The number of H-pyrrole nitrogens is 1. The van der Waals surface area contributed by atoms with E-state index in [2.05, 4.69) is 70.6 Å². The maximum Gasteiger partial charge on any atom is 0.211 e. The lowest BCUT2D eigenvalue weighted by Gasteiger charge is -2.11. The Labute approximate surface area is 192 Å². The lowest BCUT2D eigenvalue weighted by Crippen LogP contribution is -2.01. The molecule has 0 bridgehead atoms. The van der Waals surface area contributed by atoms with Gasteiger partial charge in [0, 0.05) is 41.1 Å². The quantitative estimate of drug-likeness (QED) is 0.178. The van der Waals surface area contributed by atoms with E-state index in [4.69, 9.17) is 0 Å². The van der Waals surface area contributed by atoms with Crippen LogP contribution in [0.2, 0.25) is 0 Å². The number of aryl methyl sites for hydroxylation is 1. The summed E-state index contributed by atoms with van der Waals surface area (Å²) in [5.41, 5.74) is 6.42. The van der Waals surface area contributed by atoms with E-state index in [1.807, 2.05) is 18.3 Å². The Morgan fingerprint density at radius 3 is 2.94 bits per heavy atom. The number of nitrogens with one attached hydrogen (secondary N) is 3. The number of unbranched alkanes of at least 4 members (excludes halogenated alkanes) is 1. The third kappa shape index (κ3) is 4.92. The van der Waals surface area contributed by atoms with E-state index >= 15 is 0 Å². The Morgan fingerprint density at radius 2 is 2.09 bits per heavy atom. The van der Waals surface area contributed by atoms with E-state index in [0.717, 1.165) is 64.6 Å². The predicted molar refractivity (Wildman–Crippen MR) is 136 cm³/mol. The normalized spacial score (nSPS) is 10.9. The van der Waals surface area contributed by atoms with Gasteiger partial charge in [0.15, 0.2) is 5.13 Å². The number of aromatic amines is 1. The largest absolute Gasteiger partial charge is 0.362 e. The fraction of sp³-hybridized carbons (Fsp3) is 0.231. The highest BCUT2D eigenvalue weighted by molar-refractivity contribution is 7.18. The molecule has 2 aromatic carbocycles. The summed E-state index contributed by atoms with van der Waals surface area (Å²) >= 11 is 1.64. The second-order valence-corrected chi connectivity index (χ2v) is 8.78. The first-order valence-electron chi connectivity index (χ1n) is 11.0. The molecule has 2 aromatic heterocycles. The predicted octanol–water partition coefficient (Wildman–Crippen LogP) is 6.72. The van der Waals surface area contributed by atoms with E-state index < -0.39 is 0 Å². The summed E-state index contributed by atoms with van der Waals surface area (Å²) in [6, 6.07) is 14.5. The molecule has 4 aromatic rings. The van der Waals surface area contributed by atoms with Crippen LogP contribution in [0.25, 0.3) is 26.9 Å². The number of para-hydroxylation sites is 1. The van der Waals surface area contributed by atoms with Crippen molar-refractivity contribution in [2.45, 2.75) is 32.6 Å². The molecule has 0 saturated heterocycles. The van der Waals surface area contributed by atoms with Crippen molar-refractivity contribution in [3.05, 3.63) is 72.6 Å². The summed E-state index contributed by atoms with van der Waals surface area (Å²) in [6.45, 7) is 7.10. The average molecular weight is 445 g/mol. The number of benzene rings is 2. The molecule has 0 unspecified atom stereocenters. The van der Waals surface area contributed by atoms with Crippen LogP contribution in [0.5, 0.6) is 0 Å². The molecule has 32 heavy (non-hydrogen) atoms. The first-order valence-corrected chi connectivity index (χ1v) is 11.8. The number of rotatable bonds is 11. The topological polar surface area (TPSA) is 69.8 Å². The van der Waals surface area contributed by atoms with Gasteiger partial charge in [0.1, 0.15) is 0 Å². The van der Waals surface area contributed by atoms with Crippen molar-refractivity contribution in [3.63, 3.8) is 0 Å². The molecule has 4 rings (SSSR count). The highest BCUT2D eigenvalue weighted by Crippen LogP contribution is 2.34. The number of carbonyl (C=O) groups excluding carboxylic acids is 1. The van der Waals surface area contributed by atoms with Gasteiger partial charge in [-0.15, -0.1) is 0 Å². The molecule has 5 nitrogen and oxygen atoms in total. The van der Waals surface area contributed by atoms with Crippen molar-refractivity contribution < 1.29 is 4.79 Å². The highest BCUT2D eigenvalue weighted by atomic mass is 32.1. The van der Waals surface area contributed by atoms with Gasteiger partial charge in [-0.05, 0) is 60.6 Å². The molecule has 6 heteroatoms. The molecule has 0 aliphatic heterocycles. The Balaban J connectivity index is 1.33. The van der Waals surface area contributed by atoms with Gasteiger partial charge < -0.3 is 15.6 Å². The number of carbonyl (C=O) groups is 1. The number of hydrogen-bond acceptors (Lipinski definition) is 4. The molecular weight excluding hydrogens is 416 g/mol. The van der Waals surface area contributed by atoms with Gasteiger partial charge in [-0.2, -0.15) is 0 Å². The second kappa shape index (κ2) is 10.3. The minimum absolute atomic E-state index is 0.703. The van der Waals surface area contributed by atoms with E-state index in [9.17, 15) is 4.79 Å². The third-order valence-electron chi connectivity index (χ3n) is 5.66. The minimum Gasteiger partial charge on any atom is -0.362 e. The summed E-state index contributed by atoms with van der Waals surface area (Å²) in [4.78, 5) is 19.9. The van der Waals surface area contributed by atoms with Crippen LogP contribution in [0.3, 0.4) is 0 Å². The Bertz CT molecular complexity index is 1220. The van der Waals surface area contributed by atoms with Gasteiger partial charge >= 0.3 is 0 Å². The molecule has 0 aliphatic rings. The molecule has 1 amide bonds. The first kappa shape index (κ1) is 21.8. The van der Waals surface area contributed by atoms with Crippen LogP contribution in [-0.4, -0.2) is 22.9 Å². The number of hydrogen-bond donors (Lipinski definition) is 3. The second-order valence-electron chi connectivity index (χ2n) is 7.75.